The van der Waals surface area contributed by atoms with Crippen molar-refractivity contribution in [2.24, 2.45) is 0 Å². The molecule has 1 aliphatic rings. The van der Waals surface area contributed by atoms with Crippen LogP contribution in [-0.2, 0) is 9.53 Å². The minimum Gasteiger partial charge on any atom is -0.480 e. The van der Waals surface area contributed by atoms with E-state index >= 15 is 0 Å². The van der Waals surface area contributed by atoms with E-state index in [1.807, 2.05) is 0 Å². The normalized spacial score (nSPS) is 17.6. The van der Waals surface area contributed by atoms with Gasteiger partial charge in [0.15, 0.2) is 0 Å². The molecule has 21 heavy (non-hydrogen) atoms. The smallest absolute Gasteiger partial charge is 0.325 e. The highest BCUT2D eigenvalue weighted by Gasteiger charge is 2.19. The maximum absolute atomic E-state index is 12.9. The van der Waals surface area contributed by atoms with Crippen LogP contribution in [0.25, 0.3) is 0 Å². The molecule has 5 nitrogen and oxygen atoms in total. The third kappa shape index (κ3) is 5.08. The highest BCUT2D eigenvalue weighted by Crippen LogP contribution is 2.14. The van der Waals surface area contributed by atoms with Gasteiger partial charge in [-0.15, -0.1) is 0 Å². The number of hydrogen-bond donors (Lipinski definition) is 2. The molecule has 6 heteroatoms. The molecule has 0 radical (unpaired) electrons. The number of carboxylic acids is 1. The van der Waals surface area contributed by atoms with E-state index in [-0.39, 0.29) is 5.82 Å². The number of nitrogens with zero attached hydrogens (tertiary/aromatic N) is 1. The Kier molecular flexibility index (Phi) is 6.10. The molecule has 0 spiro atoms. The minimum atomic E-state index is -0.951. The van der Waals surface area contributed by atoms with Crippen LogP contribution < -0.4 is 5.32 Å². The van der Waals surface area contributed by atoms with Crippen molar-refractivity contribution in [3.8, 4) is 0 Å². The summed E-state index contributed by atoms with van der Waals surface area (Å²) in [5.74, 6) is -1.32. The molecule has 0 bridgehead atoms. The summed E-state index contributed by atoms with van der Waals surface area (Å²) in [6.45, 7) is 4.92. The number of rotatable bonds is 7. The molecule has 0 aromatic heterocycles. The van der Waals surface area contributed by atoms with Gasteiger partial charge in [0.1, 0.15) is 11.9 Å². The summed E-state index contributed by atoms with van der Waals surface area (Å²) in [5, 5.41) is 12.3. The van der Waals surface area contributed by atoms with Crippen LogP contribution in [0.3, 0.4) is 0 Å². The molecule has 2 N–H and O–H groups in total. The number of aliphatic carboxylic acids is 1. The second-order valence-corrected chi connectivity index (χ2v) is 5.08. The van der Waals surface area contributed by atoms with Gasteiger partial charge in [-0.1, -0.05) is 12.1 Å². The second-order valence-electron chi connectivity index (χ2n) is 5.08. The molecule has 1 saturated heterocycles. The molecule has 1 heterocycles. The Morgan fingerprint density at radius 2 is 2.00 bits per heavy atom. The Labute approximate surface area is 123 Å². The third-order valence-corrected chi connectivity index (χ3v) is 3.55. The van der Waals surface area contributed by atoms with Gasteiger partial charge in [-0.05, 0) is 37.2 Å². The fourth-order valence-corrected chi connectivity index (χ4v) is 2.38. The number of halogens is 1. The van der Waals surface area contributed by atoms with Crippen molar-refractivity contribution in [2.75, 3.05) is 39.4 Å². The molecular formula is C15H21FN2O3. The zero-order chi connectivity index (χ0) is 15.1. The number of carbonyl (C=O) groups is 1. The summed E-state index contributed by atoms with van der Waals surface area (Å²) in [6, 6.07) is 4.77. The first kappa shape index (κ1) is 15.9. The molecule has 2 rings (SSSR count). The lowest BCUT2D eigenvalue weighted by Gasteiger charge is -2.26. The van der Waals surface area contributed by atoms with Gasteiger partial charge in [0.05, 0.1) is 13.2 Å². The first-order chi connectivity index (χ1) is 10.2. The Bertz CT molecular complexity index is 447. The minimum absolute atomic E-state index is 0.366. The molecule has 1 aromatic rings. The maximum atomic E-state index is 12.9. The summed E-state index contributed by atoms with van der Waals surface area (Å²) in [7, 11) is 0. The molecule has 1 fully saturated rings. The molecule has 0 aliphatic carbocycles. The average Bonchev–Trinajstić information content (AvgIpc) is 2.49. The van der Waals surface area contributed by atoms with Gasteiger partial charge in [-0.2, -0.15) is 0 Å². The molecule has 1 aromatic carbocycles. The fourth-order valence-electron chi connectivity index (χ4n) is 2.38. The van der Waals surface area contributed by atoms with Crippen molar-refractivity contribution in [2.45, 2.75) is 12.5 Å². The Morgan fingerprint density at radius 1 is 1.33 bits per heavy atom. The lowest BCUT2D eigenvalue weighted by atomic mass is 10.1. The quantitative estimate of drug-likeness (QED) is 0.742. The van der Waals surface area contributed by atoms with E-state index in [0.717, 1.165) is 39.3 Å². The first-order valence-corrected chi connectivity index (χ1v) is 7.18. The average molecular weight is 296 g/mol. The highest BCUT2D eigenvalue weighted by atomic mass is 19.1. The molecule has 0 saturated carbocycles. The summed E-state index contributed by atoms with van der Waals surface area (Å²) >= 11 is 0. The number of benzene rings is 1. The Hall–Kier alpha value is -1.50. The molecule has 1 aliphatic heterocycles. The van der Waals surface area contributed by atoms with E-state index in [1.54, 1.807) is 0 Å². The van der Waals surface area contributed by atoms with Crippen LogP contribution in [-0.4, -0.2) is 55.4 Å². The summed E-state index contributed by atoms with van der Waals surface area (Å²) in [5.41, 5.74) is 0.565. The molecular weight excluding hydrogens is 275 g/mol. The van der Waals surface area contributed by atoms with Crippen molar-refractivity contribution >= 4 is 5.97 Å². The van der Waals surface area contributed by atoms with Gasteiger partial charge in [0.25, 0.3) is 0 Å². The molecule has 1 unspecified atom stereocenters. The largest absolute Gasteiger partial charge is 0.480 e. The van der Waals surface area contributed by atoms with Gasteiger partial charge in [0.2, 0.25) is 0 Å². The van der Waals surface area contributed by atoms with E-state index in [4.69, 9.17) is 4.74 Å². The van der Waals surface area contributed by atoms with Crippen molar-refractivity contribution < 1.29 is 19.0 Å². The lowest BCUT2D eigenvalue weighted by molar-refractivity contribution is -0.139. The van der Waals surface area contributed by atoms with Crippen molar-refractivity contribution in [3.05, 3.63) is 35.6 Å². The van der Waals surface area contributed by atoms with Crippen LogP contribution in [0, 0.1) is 5.82 Å². The van der Waals surface area contributed by atoms with Crippen molar-refractivity contribution in [3.63, 3.8) is 0 Å². The topological polar surface area (TPSA) is 61.8 Å². The fraction of sp³-hybridized carbons (Fsp3) is 0.533. The number of carboxylic acid groups (broad SMARTS) is 1. The van der Waals surface area contributed by atoms with Crippen LogP contribution in [0.15, 0.2) is 24.3 Å². The number of nitrogens with one attached hydrogen (secondary N) is 1. The van der Waals surface area contributed by atoms with E-state index in [1.165, 1.54) is 24.3 Å². The molecule has 1 atom stereocenters. The van der Waals surface area contributed by atoms with Crippen molar-refractivity contribution in [1.82, 2.24) is 10.2 Å². The first-order valence-electron chi connectivity index (χ1n) is 7.18. The summed E-state index contributed by atoms with van der Waals surface area (Å²) in [4.78, 5) is 13.6. The number of morpholine rings is 1. The zero-order valence-electron chi connectivity index (χ0n) is 11.9. The molecule has 0 amide bonds. The van der Waals surface area contributed by atoms with Crippen LogP contribution in [0.4, 0.5) is 4.39 Å². The van der Waals surface area contributed by atoms with E-state index in [9.17, 15) is 14.3 Å². The van der Waals surface area contributed by atoms with Crippen LogP contribution in [0.2, 0.25) is 0 Å². The van der Waals surface area contributed by atoms with Gasteiger partial charge >= 0.3 is 5.97 Å². The van der Waals surface area contributed by atoms with Gasteiger partial charge in [-0.3, -0.25) is 9.69 Å². The van der Waals surface area contributed by atoms with Crippen LogP contribution in [0.1, 0.15) is 18.0 Å². The predicted octanol–water partition coefficient (Wildman–Crippen LogP) is 1.26. The lowest BCUT2D eigenvalue weighted by Crippen LogP contribution is -2.38. The summed E-state index contributed by atoms with van der Waals surface area (Å²) in [6.07, 6.45) is 0.866. The van der Waals surface area contributed by atoms with Crippen LogP contribution >= 0.6 is 0 Å². The highest BCUT2D eigenvalue weighted by molar-refractivity contribution is 5.75. The number of hydrogen-bond acceptors (Lipinski definition) is 4. The van der Waals surface area contributed by atoms with E-state index < -0.39 is 12.0 Å². The van der Waals surface area contributed by atoms with Gasteiger partial charge < -0.3 is 15.2 Å². The van der Waals surface area contributed by atoms with E-state index in [0.29, 0.717) is 12.1 Å². The summed E-state index contributed by atoms with van der Waals surface area (Å²) < 4.78 is 18.2. The van der Waals surface area contributed by atoms with Gasteiger partial charge in [0, 0.05) is 13.1 Å². The number of ether oxygens (including phenoxy) is 1. The zero-order valence-corrected chi connectivity index (χ0v) is 11.9. The monoisotopic (exact) mass is 296 g/mol. The van der Waals surface area contributed by atoms with E-state index in [2.05, 4.69) is 10.2 Å². The van der Waals surface area contributed by atoms with Gasteiger partial charge in [-0.25, -0.2) is 4.39 Å². The molecule has 116 valence electrons. The van der Waals surface area contributed by atoms with Crippen molar-refractivity contribution in [1.29, 1.82) is 0 Å². The Morgan fingerprint density at radius 3 is 2.62 bits per heavy atom. The predicted molar refractivity (Wildman–Crippen MR) is 76.7 cm³/mol. The van der Waals surface area contributed by atoms with Crippen LogP contribution in [0.5, 0.6) is 0 Å². The third-order valence-electron chi connectivity index (χ3n) is 3.55. The Balaban J connectivity index is 1.77. The SMILES string of the molecule is O=C(O)C(NCCCN1CCOCC1)c1ccc(F)cc1. The standard InChI is InChI=1S/C15H21FN2O3/c16-13-4-2-12(3-5-13)14(15(19)20)17-6-1-7-18-8-10-21-11-9-18/h2-5,14,17H,1,6-11H2,(H,19,20). The second kappa shape index (κ2) is 8.07. The maximum Gasteiger partial charge on any atom is 0.325 e.